The Morgan fingerprint density at radius 3 is 2.48 bits per heavy atom. The molecule has 1 aromatic rings. The summed E-state index contributed by atoms with van der Waals surface area (Å²) in [7, 11) is -3.80. The van der Waals surface area contributed by atoms with Gasteiger partial charge in [0, 0.05) is 18.7 Å². The molecule has 0 aliphatic carbocycles. The number of sulfonamides is 1. The van der Waals surface area contributed by atoms with Crippen molar-refractivity contribution in [3.05, 3.63) is 33.9 Å². The van der Waals surface area contributed by atoms with Crippen LogP contribution in [0.1, 0.15) is 25.8 Å². The van der Waals surface area contributed by atoms with Gasteiger partial charge in [-0.05, 0) is 30.9 Å². The number of non-ortho nitro benzene ring substituents is 1. The third kappa shape index (κ3) is 5.07. The summed E-state index contributed by atoms with van der Waals surface area (Å²) < 4.78 is 26.6. The molecule has 0 saturated heterocycles. The number of hydrogen-bond acceptors (Lipinski definition) is 5. The molecule has 0 fully saturated rings. The van der Waals surface area contributed by atoms with Gasteiger partial charge in [-0.3, -0.25) is 10.1 Å². The zero-order valence-electron chi connectivity index (χ0n) is 12.2. The van der Waals surface area contributed by atoms with Crippen LogP contribution in [0.15, 0.2) is 23.1 Å². The van der Waals surface area contributed by atoms with Gasteiger partial charge >= 0.3 is 0 Å². The highest BCUT2D eigenvalue weighted by Crippen LogP contribution is 2.21. The maximum absolute atomic E-state index is 12.1. The van der Waals surface area contributed by atoms with E-state index in [-0.39, 0.29) is 28.6 Å². The van der Waals surface area contributed by atoms with Gasteiger partial charge in [0.05, 0.1) is 15.9 Å². The molecule has 7 nitrogen and oxygen atoms in total. The van der Waals surface area contributed by atoms with E-state index in [9.17, 15) is 23.6 Å². The van der Waals surface area contributed by atoms with Crippen LogP contribution in [0.3, 0.4) is 0 Å². The van der Waals surface area contributed by atoms with Gasteiger partial charge in [0.25, 0.3) is 5.69 Å². The van der Waals surface area contributed by atoms with E-state index in [1.165, 1.54) is 19.1 Å². The van der Waals surface area contributed by atoms with Crippen molar-refractivity contribution in [3.8, 4) is 0 Å². The molecule has 8 heteroatoms. The van der Waals surface area contributed by atoms with Crippen LogP contribution in [0.2, 0.25) is 0 Å². The van der Waals surface area contributed by atoms with Crippen LogP contribution < -0.4 is 4.72 Å². The molecular formula is C13H20N2O5S. The van der Waals surface area contributed by atoms with Crippen LogP contribution in [-0.4, -0.2) is 31.1 Å². The number of aryl methyl sites for hydroxylation is 1. The minimum Gasteiger partial charge on any atom is -0.392 e. The second kappa shape index (κ2) is 6.97. The molecular weight excluding hydrogens is 296 g/mol. The fourth-order valence-corrected chi connectivity index (χ4v) is 3.26. The van der Waals surface area contributed by atoms with E-state index in [0.717, 1.165) is 6.07 Å². The van der Waals surface area contributed by atoms with Crippen molar-refractivity contribution in [3.63, 3.8) is 0 Å². The van der Waals surface area contributed by atoms with Crippen LogP contribution in [-0.2, 0) is 10.0 Å². The van der Waals surface area contributed by atoms with Crippen molar-refractivity contribution in [2.75, 3.05) is 6.54 Å². The number of aliphatic hydroxyl groups is 1. The summed E-state index contributed by atoms with van der Waals surface area (Å²) in [5.74, 6) is 0.255. The predicted molar refractivity (Wildman–Crippen MR) is 78.5 cm³/mol. The monoisotopic (exact) mass is 316 g/mol. The summed E-state index contributed by atoms with van der Waals surface area (Å²) in [5, 5.41) is 20.3. The normalized spacial score (nSPS) is 13.4. The van der Waals surface area contributed by atoms with Gasteiger partial charge in [0.15, 0.2) is 0 Å². The second-order valence-corrected chi connectivity index (χ2v) is 7.08. The van der Waals surface area contributed by atoms with Crippen molar-refractivity contribution in [2.24, 2.45) is 5.92 Å². The van der Waals surface area contributed by atoms with Crippen molar-refractivity contribution in [2.45, 2.75) is 38.2 Å². The Balaban J connectivity index is 2.86. The maximum atomic E-state index is 12.1. The number of rotatable bonds is 7. The van der Waals surface area contributed by atoms with Gasteiger partial charge in [0.1, 0.15) is 0 Å². The lowest BCUT2D eigenvalue weighted by atomic mass is 10.1. The number of nitrogens with zero attached hydrogens (tertiary/aromatic N) is 1. The first kappa shape index (κ1) is 17.5. The number of aliphatic hydroxyl groups excluding tert-OH is 1. The fraction of sp³-hybridized carbons (Fsp3) is 0.538. The molecule has 118 valence electrons. The number of benzene rings is 1. The summed E-state index contributed by atoms with van der Waals surface area (Å²) in [6, 6.07) is 3.55. The highest BCUT2D eigenvalue weighted by Gasteiger charge is 2.20. The molecule has 0 aliphatic rings. The summed E-state index contributed by atoms with van der Waals surface area (Å²) >= 11 is 0. The Hall–Kier alpha value is -1.51. The first-order valence-corrected chi connectivity index (χ1v) is 8.04. The van der Waals surface area contributed by atoms with E-state index in [4.69, 9.17) is 0 Å². The van der Waals surface area contributed by atoms with Gasteiger partial charge in [-0.1, -0.05) is 13.8 Å². The molecule has 1 unspecified atom stereocenters. The molecule has 21 heavy (non-hydrogen) atoms. The Morgan fingerprint density at radius 2 is 2.00 bits per heavy atom. The average Bonchev–Trinajstić information content (AvgIpc) is 2.35. The van der Waals surface area contributed by atoms with E-state index in [1.54, 1.807) is 0 Å². The van der Waals surface area contributed by atoms with Gasteiger partial charge in [0.2, 0.25) is 10.0 Å². The summed E-state index contributed by atoms with van der Waals surface area (Å²) in [5.41, 5.74) is 0.126. The first-order chi connectivity index (χ1) is 9.63. The highest BCUT2D eigenvalue weighted by atomic mass is 32.2. The SMILES string of the molecule is Cc1cc([N+](=O)[O-])ccc1S(=O)(=O)NCC(O)CC(C)C. The van der Waals surface area contributed by atoms with E-state index < -0.39 is 21.1 Å². The Morgan fingerprint density at radius 1 is 1.38 bits per heavy atom. The molecule has 1 rings (SSSR count). The molecule has 1 aromatic carbocycles. The molecule has 0 spiro atoms. The molecule has 1 atom stereocenters. The summed E-state index contributed by atoms with van der Waals surface area (Å²) in [4.78, 5) is 10.0. The molecule has 0 radical (unpaired) electrons. The fourth-order valence-electron chi connectivity index (χ4n) is 1.96. The third-order valence-electron chi connectivity index (χ3n) is 2.91. The number of nitrogens with one attached hydrogen (secondary N) is 1. The molecule has 0 amide bonds. The Labute approximate surface area is 124 Å². The van der Waals surface area contributed by atoms with Crippen LogP contribution in [0.25, 0.3) is 0 Å². The van der Waals surface area contributed by atoms with Crippen molar-refractivity contribution in [1.82, 2.24) is 4.72 Å². The summed E-state index contributed by atoms with van der Waals surface area (Å²) in [6.07, 6.45) is -0.278. The van der Waals surface area contributed by atoms with Crippen LogP contribution in [0, 0.1) is 23.0 Å². The number of nitro benzene ring substituents is 1. The zero-order chi connectivity index (χ0) is 16.2. The van der Waals surface area contributed by atoms with Crippen LogP contribution in [0.5, 0.6) is 0 Å². The van der Waals surface area contributed by atoms with Gasteiger partial charge < -0.3 is 5.11 Å². The molecule has 2 N–H and O–H groups in total. The third-order valence-corrected chi connectivity index (χ3v) is 4.50. The first-order valence-electron chi connectivity index (χ1n) is 6.56. The molecule has 0 bridgehead atoms. The Kier molecular flexibility index (Phi) is 5.82. The average molecular weight is 316 g/mol. The summed E-state index contributed by atoms with van der Waals surface area (Å²) in [6.45, 7) is 5.26. The lowest BCUT2D eigenvalue weighted by Gasteiger charge is -2.14. The Bertz CT molecular complexity index is 613. The van der Waals surface area contributed by atoms with Crippen molar-refractivity contribution in [1.29, 1.82) is 0 Å². The topological polar surface area (TPSA) is 110 Å². The molecule has 0 saturated carbocycles. The van der Waals surface area contributed by atoms with Gasteiger partial charge in [-0.2, -0.15) is 0 Å². The largest absolute Gasteiger partial charge is 0.392 e. The standard InChI is InChI=1S/C13H20N2O5S/c1-9(2)6-12(16)8-14-21(19,20)13-5-4-11(15(17)18)7-10(13)3/h4-5,7,9,12,14,16H,6,8H2,1-3H3. The number of nitro groups is 1. The molecule has 0 aliphatic heterocycles. The second-order valence-electron chi connectivity index (χ2n) is 5.34. The smallest absolute Gasteiger partial charge is 0.269 e. The van der Waals surface area contributed by atoms with Crippen molar-refractivity contribution < 1.29 is 18.4 Å². The number of hydrogen-bond donors (Lipinski definition) is 2. The van der Waals surface area contributed by atoms with Crippen LogP contribution >= 0.6 is 0 Å². The van der Waals surface area contributed by atoms with E-state index in [1.807, 2.05) is 13.8 Å². The molecule has 0 aromatic heterocycles. The quantitative estimate of drug-likeness (QED) is 0.586. The van der Waals surface area contributed by atoms with E-state index in [2.05, 4.69) is 4.72 Å². The van der Waals surface area contributed by atoms with Crippen molar-refractivity contribution >= 4 is 15.7 Å². The highest BCUT2D eigenvalue weighted by molar-refractivity contribution is 7.89. The van der Waals surface area contributed by atoms with Gasteiger partial charge in [-0.15, -0.1) is 0 Å². The van der Waals surface area contributed by atoms with E-state index >= 15 is 0 Å². The zero-order valence-corrected chi connectivity index (χ0v) is 13.1. The van der Waals surface area contributed by atoms with E-state index in [0.29, 0.717) is 6.42 Å². The molecule has 0 heterocycles. The lowest BCUT2D eigenvalue weighted by Crippen LogP contribution is -2.33. The minimum absolute atomic E-state index is 0.0233. The lowest BCUT2D eigenvalue weighted by molar-refractivity contribution is -0.385. The van der Waals surface area contributed by atoms with Crippen LogP contribution in [0.4, 0.5) is 5.69 Å². The minimum atomic E-state index is -3.80. The van der Waals surface area contributed by atoms with Gasteiger partial charge in [-0.25, -0.2) is 13.1 Å². The predicted octanol–water partition coefficient (Wildman–Crippen LogP) is 1.59. The maximum Gasteiger partial charge on any atom is 0.269 e.